The predicted molar refractivity (Wildman–Crippen MR) is 94.4 cm³/mol. The summed E-state index contributed by atoms with van der Waals surface area (Å²) in [5.41, 5.74) is 1.64. The van der Waals surface area contributed by atoms with Gasteiger partial charge in [-0.15, -0.1) is 0 Å². The van der Waals surface area contributed by atoms with Crippen molar-refractivity contribution in [2.24, 2.45) is 0 Å². The summed E-state index contributed by atoms with van der Waals surface area (Å²) >= 11 is 0. The SMILES string of the molecule is CC(=O)N(C)CCc1cc(Oc2ccc3[nH]cc(C(=O)O)c3c2)ncn1. The fraction of sp³-hybridized carbons (Fsp3) is 0.222. The highest BCUT2D eigenvalue weighted by atomic mass is 16.5. The van der Waals surface area contributed by atoms with Crippen LogP contribution in [0.5, 0.6) is 11.6 Å². The second-order valence-corrected chi connectivity index (χ2v) is 5.86. The minimum absolute atomic E-state index is 0.00966. The number of likely N-dealkylation sites (N-methyl/N-ethyl adjacent to an activating group) is 1. The summed E-state index contributed by atoms with van der Waals surface area (Å²) in [7, 11) is 1.73. The molecule has 2 N–H and O–H groups in total. The molecule has 0 aliphatic rings. The number of amides is 1. The maximum atomic E-state index is 11.3. The van der Waals surface area contributed by atoms with E-state index in [1.165, 1.54) is 19.4 Å². The summed E-state index contributed by atoms with van der Waals surface area (Å²) in [5, 5.41) is 9.78. The molecule has 134 valence electrons. The van der Waals surface area contributed by atoms with Crippen molar-refractivity contribution >= 4 is 22.8 Å². The van der Waals surface area contributed by atoms with Gasteiger partial charge in [-0.25, -0.2) is 14.8 Å². The van der Waals surface area contributed by atoms with Crippen LogP contribution in [0.25, 0.3) is 10.9 Å². The Morgan fingerprint density at radius 3 is 2.81 bits per heavy atom. The third kappa shape index (κ3) is 3.80. The molecule has 3 aromatic rings. The molecule has 0 saturated heterocycles. The fourth-order valence-electron chi connectivity index (χ4n) is 2.47. The van der Waals surface area contributed by atoms with E-state index >= 15 is 0 Å². The highest BCUT2D eigenvalue weighted by molar-refractivity contribution is 6.03. The number of fused-ring (bicyclic) bond motifs is 1. The first kappa shape index (κ1) is 17.4. The van der Waals surface area contributed by atoms with Crippen molar-refractivity contribution in [3.05, 3.63) is 48.0 Å². The Bertz CT molecular complexity index is 967. The molecule has 0 fully saturated rings. The largest absolute Gasteiger partial charge is 0.478 e. The van der Waals surface area contributed by atoms with Crippen molar-refractivity contribution in [1.29, 1.82) is 0 Å². The molecule has 0 spiro atoms. The quantitative estimate of drug-likeness (QED) is 0.704. The maximum absolute atomic E-state index is 11.3. The topological polar surface area (TPSA) is 108 Å². The lowest BCUT2D eigenvalue weighted by atomic mass is 10.1. The zero-order valence-corrected chi connectivity index (χ0v) is 14.4. The number of carbonyl (C=O) groups excluding carboxylic acids is 1. The van der Waals surface area contributed by atoms with Crippen LogP contribution in [0.15, 0.2) is 36.8 Å². The van der Waals surface area contributed by atoms with Crippen LogP contribution in [-0.2, 0) is 11.2 Å². The second-order valence-electron chi connectivity index (χ2n) is 5.86. The maximum Gasteiger partial charge on any atom is 0.337 e. The monoisotopic (exact) mass is 354 g/mol. The average Bonchev–Trinajstić information content (AvgIpc) is 3.03. The van der Waals surface area contributed by atoms with Crippen LogP contribution in [0.2, 0.25) is 0 Å². The van der Waals surface area contributed by atoms with Crippen molar-refractivity contribution in [1.82, 2.24) is 19.9 Å². The average molecular weight is 354 g/mol. The number of H-pyrrole nitrogens is 1. The molecule has 26 heavy (non-hydrogen) atoms. The molecule has 2 aromatic heterocycles. The Kier molecular flexibility index (Phi) is 4.83. The standard InChI is InChI=1S/C18H18N4O4/c1-11(23)22(2)6-5-12-7-17(21-10-20-12)26-13-3-4-16-14(8-13)15(9-19-16)18(24)25/h3-4,7-10,19H,5-6H2,1-2H3,(H,24,25). The van der Waals surface area contributed by atoms with E-state index in [1.807, 2.05) is 0 Å². The van der Waals surface area contributed by atoms with E-state index < -0.39 is 5.97 Å². The van der Waals surface area contributed by atoms with Gasteiger partial charge in [0.1, 0.15) is 12.1 Å². The predicted octanol–water partition coefficient (Wildman–Crippen LogP) is 2.47. The van der Waals surface area contributed by atoms with Crippen molar-refractivity contribution in [2.75, 3.05) is 13.6 Å². The molecular weight excluding hydrogens is 336 g/mol. The molecule has 0 bridgehead atoms. The fourth-order valence-corrected chi connectivity index (χ4v) is 2.47. The van der Waals surface area contributed by atoms with Gasteiger partial charge in [0.2, 0.25) is 11.8 Å². The van der Waals surface area contributed by atoms with Gasteiger partial charge in [-0.05, 0) is 18.2 Å². The summed E-state index contributed by atoms with van der Waals surface area (Å²) in [6, 6.07) is 6.84. The highest BCUT2D eigenvalue weighted by Crippen LogP contribution is 2.26. The van der Waals surface area contributed by atoms with Gasteiger partial charge >= 0.3 is 5.97 Å². The second kappa shape index (κ2) is 7.22. The summed E-state index contributed by atoms with van der Waals surface area (Å²) in [5.74, 6) is -0.186. The minimum Gasteiger partial charge on any atom is -0.478 e. The molecule has 0 saturated carbocycles. The normalized spacial score (nSPS) is 10.7. The lowest BCUT2D eigenvalue weighted by Gasteiger charge is -2.14. The number of carboxylic acids is 1. The number of hydrogen-bond acceptors (Lipinski definition) is 5. The molecule has 0 atom stereocenters. The van der Waals surface area contributed by atoms with Crippen LogP contribution in [0.3, 0.4) is 0 Å². The lowest BCUT2D eigenvalue weighted by Crippen LogP contribution is -2.26. The number of nitrogens with zero attached hydrogens (tertiary/aromatic N) is 3. The Morgan fingerprint density at radius 1 is 1.27 bits per heavy atom. The number of carboxylic acid groups (broad SMARTS) is 1. The minimum atomic E-state index is -1.01. The third-order valence-electron chi connectivity index (χ3n) is 4.05. The van der Waals surface area contributed by atoms with Crippen molar-refractivity contribution < 1.29 is 19.4 Å². The molecule has 8 nitrogen and oxygen atoms in total. The number of aromatic carboxylic acids is 1. The van der Waals surface area contributed by atoms with Gasteiger partial charge in [-0.1, -0.05) is 0 Å². The molecule has 0 unspecified atom stereocenters. The number of nitrogens with one attached hydrogen (secondary N) is 1. The Labute approximate surface area is 149 Å². The van der Waals surface area contributed by atoms with Crippen molar-refractivity contribution in [3.63, 3.8) is 0 Å². The Hall–Kier alpha value is -3.42. The van der Waals surface area contributed by atoms with Gasteiger partial charge in [-0.2, -0.15) is 0 Å². The molecule has 0 radical (unpaired) electrons. The van der Waals surface area contributed by atoms with Gasteiger partial charge in [0.05, 0.1) is 5.56 Å². The summed E-state index contributed by atoms with van der Waals surface area (Å²) in [6.45, 7) is 2.06. The van der Waals surface area contributed by atoms with Crippen molar-refractivity contribution in [3.8, 4) is 11.6 Å². The smallest absolute Gasteiger partial charge is 0.337 e. The molecule has 1 amide bonds. The van der Waals surface area contributed by atoms with E-state index in [-0.39, 0.29) is 11.5 Å². The zero-order valence-electron chi connectivity index (χ0n) is 14.4. The number of aromatic amines is 1. The van der Waals surface area contributed by atoms with E-state index in [1.54, 1.807) is 36.2 Å². The zero-order chi connectivity index (χ0) is 18.7. The first-order chi connectivity index (χ1) is 12.4. The molecule has 8 heteroatoms. The molecule has 0 aliphatic heterocycles. The summed E-state index contributed by atoms with van der Waals surface area (Å²) < 4.78 is 5.75. The lowest BCUT2D eigenvalue weighted by molar-refractivity contribution is -0.127. The number of hydrogen-bond donors (Lipinski definition) is 2. The van der Waals surface area contributed by atoms with Crippen LogP contribution in [0.4, 0.5) is 0 Å². The highest BCUT2D eigenvalue weighted by Gasteiger charge is 2.12. The number of rotatable bonds is 6. The van der Waals surface area contributed by atoms with Crippen LogP contribution >= 0.6 is 0 Å². The van der Waals surface area contributed by atoms with Crippen LogP contribution in [0.1, 0.15) is 23.0 Å². The molecule has 1 aromatic carbocycles. The number of benzene rings is 1. The van der Waals surface area contributed by atoms with E-state index in [4.69, 9.17) is 4.74 Å². The first-order valence-electron chi connectivity index (χ1n) is 7.99. The van der Waals surface area contributed by atoms with Gasteiger partial charge < -0.3 is 19.7 Å². The number of carbonyl (C=O) groups is 2. The Morgan fingerprint density at radius 2 is 2.08 bits per heavy atom. The third-order valence-corrected chi connectivity index (χ3v) is 4.05. The van der Waals surface area contributed by atoms with Gasteiger partial charge in [-0.3, -0.25) is 4.79 Å². The van der Waals surface area contributed by atoms with Gasteiger partial charge in [0.15, 0.2) is 0 Å². The molecule has 3 rings (SSSR count). The van der Waals surface area contributed by atoms with Gasteiger partial charge in [0, 0.05) is 55.8 Å². The first-order valence-corrected chi connectivity index (χ1v) is 7.99. The van der Waals surface area contributed by atoms with Crippen molar-refractivity contribution in [2.45, 2.75) is 13.3 Å². The van der Waals surface area contributed by atoms with E-state index in [0.29, 0.717) is 35.5 Å². The molecule has 2 heterocycles. The van der Waals surface area contributed by atoms with E-state index in [0.717, 1.165) is 5.69 Å². The molecular formula is C18H18N4O4. The van der Waals surface area contributed by atoms with E-state index in [2.05, 4.69) is 15.0 Å². The van der Waals surface area contributed by atoms with Gasteiger partial charge in [0.25, 0.3) is 0 Å². The summed E-state index contributed by atoms with van der Waals surface area (Å²) in [4.78, 5) is 35.3. The van der Waals surface area contributed by atoms with Crippen LogP contribution < -0.4 is 4.74 Å². The molecule has 0 aliphatic carbocycles. The van der Waals surface area contributed by atoms with Crippen LogP contribution in [-0.4, -0.2) is 50.4 Å². The Balaban J connectivity index is 1.77. The van der Waals surface area contributed by atoms with E-state index in [9.17, 15) is 14.7 Å². The number of ether oxygens (including phenoxy) is 1. The summed E-state index contributed by atoms with van der Waals surface area (Å²) in [6.07, 6.45) is 3.43. The number of aromatic nitrogens is 3. The van der Waals surface area contributed by atoms with Crippen LogP contribution in [0, 0.1) is 0 Å².